The maximum absolute atomic E-state index is 12.5. The second-order valence-electron chi connectivity index (χ2n) is 3.94. The number of benzene rings is 1. The molecule has 0 spiro atoms. The smallest absolute Gasteiger partial charge is 0.419 e. The Labute approximate surface area is 116 Å². The molecule has 102 valence electrons. The Kier molecular flexibility index (Phi) is 3.58. The third-order valence-corrected chi connectivity index (χ3v) is 3.25. The molecule has 0 amide bonds. The standard InChI is InChI=1S/C12H10BrF3N2O/c1-7-3-9(13)11(19-2)4-10(7)18-6-8(5-17-18)12(14,15)16/h3-6H,1-2H3. The summed E-state index contributed by atoms with van der Waals surface area (Å²) in [5, 5.41) is 3.74. The Balaban J connectivity index is 2.50. The van der Waals surface area contributed by atoms with Gasteiger partial charge in [-0.15, -0.1) is 0 Å². The van der Waals surface area contributed by atoms with E-state index >= 15 is 0 Å². The number of methoxy groups -OCH3 is 1. The van der Waals surface area contributed by atoms with Crippen molar-refractivity contribution >= 4 is 15.9 Å². The molecule has 1 aromatic carbocycles. The molecule has 2 rings (SSSR count). The van der Waals surface area contributed by atoms with E-state index in [0.717, 1.165) is 22.4 Å². The zero-order valence-electron chi connectivity index (χ0n) is 10.1. The van der Waals surface area contributed by atoms with E-state index in [9.17, 15) is 13.2 Å². The van der Waals surface area contributed by atoms with Gasteiger partial charge in [-0.1, -0.05) is 0 Å². The molecule has 3 nitrogen and oxygen atoms in total. The van der Waals surface area contributed by atoms with Crippen molar-refractivity contribution in [1.29, 1.82) is 0 Å². The molecule has 1 aromatic heterocycles. The van der Waals surface area contributed by atoms with Gasteiger partial charge in [0.25, 0.3) is 0 Å². The van der Waals surface area contributed by atoms with Gasteiger partial charge >= 0.3 is 6.18 Å². The zero-order chi connectivity index (χ0) is 14.2. The monoisotopic (exact) mass is 334 g/mol. The van der Waals surface area contributed by atoms with Crippen molar-refractivity contribution in [2.45, 2.75) is 13.1 Å². The van der Waals surface area contributed by atoms with Crippen molar-refractivity contribution in [2.24, 2.45) is 0 Å². The van der Waals surface area contributed by atoms with Gasteiger partial charge in [-0.25, -0.2) is 4.68 Å². The van der Waals surface area contributed by atoms with Crippen LogP contribution in [0.15, 0.2) is 29.0 Å². The molecule has 0 N–H and O–H groups in total. The summed E-state index contributed by atoms with van der Waals surface area (Å²) in [5.74, 6) is 0.532. The van der Waals surface area contributed by atoms with Gasteiger partial charge in [0.05, 0.1) is 29.0 Å². The molecule has 0 unspecified atom stereocenters. The summed E-state index contributed by atoms with van der Waals surface area (Å²) in [6, 6.07) is 3.40. The lowest BCUT2D eigenvalue weighted by Crippen LogP contribution is -2.03. The lowest BCUT2D eigenvalue weighted by molar-refractivity contribution is -0.137. The molecule has 0 aliphatic rings. The van der Waals surface area contributed by atoms with E-state index in [1.54, 1.807) is 19.1 Å². The molecule has 0 saturated heterocycles. The summed E-state index contributed by atoms with van der Waals surface area (Å²) in [4.78, 5) is 0. The Morgan fingerprint density at radius 3 is 2.53 bits per heavy atom. The minimum Gasteiger partial charge on any atom is -0.495 e. The van der Waals surface area contributed by atoms with Crippen molar-refractivity contribution in [3.8, 4) is 11.4 Å². The summed E-state index contributed by atoms with van der Waals surface area (Å²) in [7, 11) is 1.49. The van der Waals surface area contributed by atoms with Gasteiger partial charge in [0, 0.05) is 12.3 Å². The zero-order valence-corrected chi connectivity index (χ0v) is 11.7. The quantitative estimate of drug-likeness (QED) is 0.830. The van der Waals surface area contributed by atoms with Crippen LogP contribution in [0.2, 0.25) is 0 Å². The molecule has 0 aliphatic carbocycles. The van der Waals surface area contributed by atoms with Crippen molar-refractivity contribution in [2.75, 3.05) is 7.11 Å². The molecular weight excluding hydrogens is 325 g/mol. The number of hydrogen-bond acceptors (Lipinski definition) is 2. The highest BCUT2D eigenvalue weighted by Gasteiger charge is 2.32. The number of rotatable bonds is 2. The summed E-state index contributed by atoms with van der Waals surface area (Å²) < 4.78 is 44.7. The second kappa shape index (κ2) is 4.88. The number of hydrogen-bond donors (Lipinski definition) is 0. The maximum Gasteiger partial charge on any atom is 0.419 e. The summed E-state index contributed by atoms with van der Waals surface area (Å²) in [5.41, 5.74) is 0.536. The first kappa shape index (κ1) is 13.9. The highest BCUT2D eigenvalue weighted by Crippen LogP contribution is 2.32. The third-order valence-electron chi connectivity index (χ3n) is 2.63. The second-order valence-corrected chi connectivity index (χ2v) is 4.80. The Morgan fingerprint density at radius 2 is 2.00 bits per heavy atom. The van der Waals surface area contributed by atoms with Crippen molar-refractivity contribution < 1.29 is 17.9 Å². The fraction of sp³-hybridized carbons (Fsp3) is 0.250. The molecule has 0 bridgehead atoms. The van der Waals surface area contributed by atoms with Gasteiger partial charge in [-0.05, 0) is 34.5 Å². The van der Waals surface area contributed by atoms with Crippen LogP contribution >= 0.6 is 15.9 Å². The molecule has 0 radical (unpaired) electrons. The summed E-state index contributed by atoms with van der Waals surface area (Å²) in [6.07, 6.45) is -2.64. The van der Waals surface area contributed by atoms with Crippen LogP contribution < -0.4 is 4.74 Å². The minimum atomic E-state index is -4.40. The fourth-order valence-electron chi connectivity index (χ4n) is 1.65. The van der Waals surface area contributed by atoms with E-state index in [1.165, 1.54) is 11.8 Å². The number of alkyl halides is 3. The molecule has 0 atom stereocenters. The molecule has 2 aromatic rings. The van der Waals surface area contributed by atoms with E-state index in [-0.39, 0.29) is 0 Å². The van der Waals surface area contributed by atoms with E-state index in [1.807, 2.05) is 0 Å². The van der Waals surface area contributed by atoms with E-state index < -0.39 is 11.7 Å². The molecule has 0 aliphatic heterocycles. The Hall–Kier alpha value is -1.50. The van der Waals surface area contributed by atoms with Crippen LogP contribution in [-0.2, 0) is 6.18 Å². The summed E-state index contributed by atoms with van der Waals surface area (Å²) in [6.45, 7) is 1.79. The SMILES string of the molecule is COc1cc(-n2cc(C(F)(F)F)cn2)c(C)cc1Br. The molecule has 1 heterocycles. The maximum atomic E-state index is 12.5. The van der Waals surface area contributed by atoms with Crippen LogP contribution in [-0.4, -0.2) is 16.9 Å². The highest BCUT2D eigenvalue weighted by atomic mass is 79.9. The molecule has 0 fully saturated rings. The topological polar surface area (TPSA) is 27.1 Å². The van der Waals surface area contributed by atoms with Crippen LogP contribution in [0, 0.1) is 6.92 Å². The first-order valence-electron chi connectivity index (χ1n) is 5.29. The molecule has 19 heavy (non-hydrogen) atoms. The van der Waals surface area contributed by atoms with Gasteiger partial charge < -0.3 is 4.74 Å². The Morgan fingerprint density at radius 1 is 1.32 bits per heavy atom. The summed E-state index contributed by atoms with van der Waals surface area (Å²) >= 11 is 3.32. The van der Waals surface area contributed by atoms with Crippen LogP contribution in [0.3, 0.4) is 0 Å². The number of nitrogens with zero attached hydrogens (tertiary/aromatic N) is 2. The molecule has 7 heteroatoms. The Bertz CT molecular complexity index is 608. The van der Waals surface area contributed by atoms with Gasteiger partial charge in [-0.2, -0.15) is 18.3 Å². The lowest BCUT2D eigenvalue weighted by atomic mass is 10.2. The van der Waals surface area contributed by atoms with E-state index in [4.69, 9.17) is 4.74 Å². The first-order chi connectivity index (χ1) is 8.82. The van der Waals surface area contributed by atoms with Crippen LogP contribution in [0.5, 0.6) is 5.75 Å². The number of aromatic nitrogens is 2. The first-order valence-corrected chi connectivity index (χ1v) is 6.08. The van der Waals surface area contributed by atoms with Crippen LogP contribution in [0.25, 0.3) is 5.69 Å². The van der Waals surface area contributed by atoms with Crippen LogP contribution in [0.4, 0.5) is 13.2 Å². The minimum absolute atomic E-state index is 0.532. The van der Waals surface area contributed by atoms with E-state index in [2.05, 4.69) is 21.0 Å². The largest absolute Gasteiger partial charge is 0.495 e. The highest BCUT2D eigenvalue weighted by molar-refractivity contribution is 9.10. The van der Waals surface area contributed by atoms with Gasteiger partial charge in [0.1, 0.15) is 5.75 Å². The predicted molar refractivity (Wildman–Crippen MR) is 67.6 cm³/mol. The average molecular weight is 335 g/mol. The van der Waals surface area contributed by atoms with Gasteiger partial charge in [0.15, 0.2) is 0 Å². The average Bonchev–Trinajstić information content (AvgIpc) is 2.78. The van der Waals surface area contributed by atoms with Crippen molar-refractivity contribution in [3.63, 3.8) is 0 Å². The van der Waals surface area contributed by atoms with Crippen molar-refractivity contribution in [1.82, 2.24) is 9.78 Å². The predicted octanol–water partition coefficient (Wildman–Crippen LogP) is 3.97. The third kappa shape index (κ3) is 2.75. The molecular formula is C12H10BrF3N2O. The van der Waals surface area contributed by atoms with Gasteiger partial charge in [0.2, 0.25) is 0 Å². The van der Waals surface area contributed by atoms with Crippen molar-refractivity contribution in [3.05, 3.63) is 40.1 Å². The van der Waals surface area contributed by atoms with Gasteiger partial charge in [-0.3, -0.25) is 0 Å². The van der Waals surface area contributed by atoms with Crippen LogP contribution in [0.1, 0.15) is 11.1 Å². The lowest BCUT2D eigenvalue weighted by Gasteiger charge is -2.10. The number of halogens is 4. The number of ether oxygens (including phenoxy) is 1. The fourth-order valence-corrected chi connectivity index (χ4v) is 2.27. The number of aryl methyl sites for hydroxylation is 1. The normalized spacial score (nSPS) is 11.7. The van der Waals surface area contributed by atoms with E-state index in [0.29, 0.717) is 11.4 Å². The molecule has 0 saturated carbocycles.